The zero-order valence-corrected chi connectivity index (χ0v) is 14.9. The van der Waals surface area contributed by atoms with E-state index in [4.69, 9.17) is 14.2 Å². The van der Waals surface area contributed by atoms with Gasteiger partial charge in [0.15, 0.2) is 0 Å². The van der Waals surface area contributed by atoms with Crippen LogP contribution in [-0.4, -0.2) is 46.2 Å². The second-order valence-electron chi connectivity index (χ2n) is 9.22. The van der Waals surface area contributed by atoms with Crippen molar-refractivity contribution < 1.29 is 24.1 Å². The molecule has 0 aromatic heterocycles. The lowest BCUT2D eigenvalue weighted by Crippen LogP contribution is -2.54. The van der Waals surface area contributed by atoms with Crippen LogP contribution in [-0.2, 0) is 19.0 Å². The molecule has 0 aromatic carbocycles. The molecule has 6 rings (SSSR count). The van der Waals surface area contributed by atoms with Crippen molar-refractivity contribution in [1.82, 2.24) is 0 Å². The molecule has 0 spiro atoms. The predicted molar refractivity (Wildman–Crippen MR) is 87.5 cm³/mol. The third-order valence-corrected chi connectivity index (χ3v) is 8.08. The molecule has 3 aliphatic heterocycles. The van der Waals surface area contributed by atoms with Gasteiger partial charge in [-0.25, -0.2) is 4.79 Å². The molecule has 25 heavy (non-hydrogen) atoms. The van der Waals surface area contributed by atoms with Gasteiger partial charge < -0.3 is 19.3 Å². The average Bonchev–Trinajstić information content (AvgIpc) is 3.39. The minimum atomic E-state index is -0.595. The third-order valence-electron chi connectivity index (χ3n) is 8.08. The smallest absolute Gasteiger partial charge is 0.334 e. The van der Waals surface area contributed by atoms with E-state index in [0.717, 1.165) is 36.0 Å². The Kier molecular flexibility index (Phi) is 2.33. The second-order valence-corrected chi connectivity index (χ2v) is 9.22. The van der Waals surface area contributed by atoms with Crippen LogP contribution < -0.4 is 0 Å². The van der Waals surface area contributed by atoms with E-state index in [0.29, 0.717) is 0 Å². The highest BCUT2D eigenvalue weighted by atomic mass is 16.7. The molecule has 0 aromatic rings. The summed E-state index contributed by atoms with van der Waals surface area (Å²) < 4.78 is 18.4. The van der Waals surface area contributed by atoms with Crippen LogP contribution in [0.15, 0.2) is 23.3 Å². The molecule has 6 aliphatic rings. The number of aliphatic hydroxyl groups is 1. The summed E-state index contributed by atoms with van der Waals surface area (Å²) in [6.45, 7) is 10.5. The van der Waals surface area contributed by atoms with Crippen molar-refractivity contribution in [2.45, 2.75) is 75.1 Å². The first kappa shape index (κ1) is 14.9. The van der Waals surface area contributed by atoms with Crippen molar-refractivity contribution in [3.63, 3.8) is 0 Å². The van der Waals surface area contributed by atoms with E-state index in [9.17, 15) is 9.90 Å². The van der Waals surface area contributed by atoms with E-state index in [1.165, 1.54) is 0 Å². The van der Waals surface area contributed by atoms with Crippen molar-refractivity contribution in [1.29, 1.82) is 0 Å². The largest absolute Gasteiger partial charge is 0.454 e. The molecule has 1 unspecified atom stereocenters. The molecule has 3 aliphatic carbocycles. The first-order valence-electron chi connectivity index (χ1n) is 9.43. The number of hydrogen-bond donors (Lipinski definition) is 1. The lowest BCUT2D eigenvalue weighted by atomic mass is 9.58. The van der Waals surface area contributed by atoms with Gasteiger partial charge in [0, 0.05) is 17.4 Å². The number of esters is 1. The Morgan fingerprint density at radius 1 is 1.32 bits per heavy atom. The molecule has 0 amide bonds. The maximum atomic E-state index is 12.2. The van der Waals surface area contributed by atoms with Crippen LogP contribution in [0, 0.1) is 17.8 Å². The Morgan fingerprint density at radius 2 is 2.08 bits per heavy atom. The van der Waals surface area contributed by atoms with Gasteiger partial charge in [-0.15, -0.1) is 0 Å². The fourth-order valence-electron chi connectivity index (χ4n) is 7.06. The van der Waals surface area contributed by atoms with Crippen molar-refractivity contribution >= 4 is 5.97 Å². The first-order chi connectivity index (χ1) is 11.8. The Hall–Kier alpha value is -1.17. The minimum absolute atomic E-state index is 0.000440. The summed E-state index contributed by atoms with van der Waals surface area (Å²) in [5.41, 5.74) is 1.58. The molecule has 9 atom stereocenters. The molecule has 0 bridgehead atoms. The van der Waals surface area contributed by atoms with E-state index in [2.05, 4.69) is 20.4 Å². The lowest BCUT2D eigenvalue weighted by molar-refractivity contribution is -0.140. The van der Waals surface area contributed by atoms with Gasteiger partial charge in [0.1, 0.15) is 29.0 Å². The van der Waals surface area contributed by atoms with E-state index in [1.54, 1.807) is 0 Å². The minimum Gasteiger partial charge on any atom is -0.454 e. The first-order valence-corrected chi connectivity index (χ1v) is 9.43. The molecule has 5 nitrogen and oxygen atoms in total. The van der Waals surface area contributed by atoms with Gasteiger partial charge in [-0.3, -0.25) is 0 Å². The molecule has 2 saturated heterocycles. The Labute approximate surface area is 147 Å². The Balaban J connectivity index is 1.59. The van der Waals surface area contributed by atoms with Crippen LogP contribution in [0.3, 0.4) is 0 Å². The van der Waals surface area contributed by atoms with Gasteiger partial charge in [-0.2, -0.15) is 0 Å². The standard InChI is InChI=1S/C20H24O5/c1-8-5-6-11-12(10(3)16(22)23-11)14-13(8)20-15(21)9(2)7-19(20,25-20)17-18(14,4)24-17/h9,11,13-15,17,21H,1,5-7H2,2-4H3/t9-,11?,13-,14-,15-,17+,18+,19+,20+/m1/s1. The quantitative estimate of drug-likeness (QED) is 0.413. The zero-order valence-electron chi connectivity index (χ0n) is 14.9. The van der Waals surface area contributed by atoms with Gasteiger partial charge in [0.05, 0.1) is 6.10 Å². The summed E-state index contributed by atoms with van der Waals surface area (Å²) in [7, 11) is 0. The Morgan fingerprint density at radius 3 is 2.84 bits per heavy atom. The monoisotopic (exact) mass is 344 g/mol. The van der Waals surface area contributed by atoms with Crippen molar-refractivity contribution in [2.75, 3.05) is 0 Å². The summed E-state index contributed by atoms with van der Waals surface area (Å²) in [5.74, 6) is -0.0389. The number of aliphatic hydroxyl groups excluding tert-OH is 1. The second kappa shape index (κ2) is 3.90. The number of hydrogen-bond acceptors (Lipinski definition) is 5. The number of epoxide rings is 2. The lowest BCUT2D eigenvalue weighted by Gasteiger charge is -2.40. The molecule has 134 valence electrons. The molecule has 5 heteroatoms. The summed E-state index contributed by atoms with van der Waals surface area (Å²) >= 11 is 0. The van der Waals surface area contributed by atoms with Gasteiger partial charge >= 0.3 is 5.97 Å². The van der Waals surface area contributed by atoms with Crippen LogP contribution in [0.2, 0.25) is 0 Å². The zero-order chi connectivity index (χ0) is 17.5. The van der Waals surface area contributed by atoms with Gasteiger partial charge in [-0.05, 0) is 44.6 Å². The van der Waals surface area contributed by atoms with E-state index in [1.807, 2.05) is 6.92 Å². The molecule has 3 saturated carbocycles. The molecule has 1 N–H and O–H groups in total. The maximum Gasteiger partial charge on any atom is 0.334 e. The fraction of sp³-hybridized carbons (Fsp3) is 0.750. The predicted octanol–water partition coefficient (Wildman–Crippen LogP) is 1.89. The number of rotatable bonds is 0. The molecule has 3 heterocycles. The normalized spacial score (nSPS) is 60.8. The number of fused-ring (bicyclic) bond motifs is 5. The highest BCUT2D eigenvalue weighted by Gasteiger charge is 2.95. The Bertz CT molecular complexity index is 785. The highest BCUT2D eigenvalue weighted by Crippen LogP contribution is 2.80. The van der Waals surface area contributed by atoms with Crippen molar-refractivity contribution in [2.24, 2.45) is 17.8 Å². The summed E-state index contributed by atoms with van der Waals surface area (Å²) in [4.78, 5) is 12.2. The third kappa shape index (κ3) is 1.31. The fourth-order valence-corrected chi connectivity index (χ4v) is 7.06. The summed E-state index contributed by atoms with van der Waals surface area (Å²) in [5, 5.41) is 11.1. The topological polar surface area (TPSA) is 71.6 Å². The van der Waals surface area contributed by atoms with E-state index in [-0.39, 0.29) is 47.1 Å². The number of ether oxygens (including phenoxy) is 3. The van der Waals surface area contributed by atoms with E-state index >= 15 is 0 Å². The van der Waals surface area contributed by atoms with Crippen LogP contribution >= 0.6 is 0 Å². The van der Waals surface area contributed by atoms with Gasteiger partial charge in [0.25, 0.3) is 0 Å². The van der Waals surface area contributed by atoms with Crippen molar-refractivity contribution in [3.05, 3.63) is 23.3 Å². The SMILES string of the molecule is C=C1CCC2OC(=O)C(C)=C2[C@@H]2[C@@H]1[C@@]13O[C@@]1(C[C@@H](C)[C@H]3O)[C@H]1O[C@@]21C. The molecular weight excluding hydrogens is 320 g/mol. The number of carbonyl (C=O) groups is 1. The average molecular weight is 344 g/mol. The highest BCUT2D eigenvalue weighted by molar-refractivity contribution is 5.92. The van der Waals surface area contributed by atoms with Crippen LogP contribution in [0.25, 0.3) is 0 Å². The van der Waals surface area contributed by atoms with E-state index < -0.39 is 11.7 Å². The number of carbonyl (C=O) groups excluding carboxylic acids is 1. The molecule has 5 fully saturated rings. The maximum absolute atomic E-state index is 12.2. The van der Waals surface area contributed by atoms with Crippen molar-refractivity contribution in [3.8, 4) is 0 Å². The molecule has 0 radical (unpaired) electrons. The van der Waals surface area contributed by atoms with Crippen LogP contribution in [0.1, 0.15) is 40.0 Å². The summed E-state index contributed by atoms with van der Waals surface area (Å²) in [6, 6.07) is 0. The molecular formula is C20H24O5. The summed E-state index contributed by atoms with van der Waals surface area (Å²) in [6.07, 6.45) is 1.68. The van der Waals surface area contributed by atoms with Gasteiger partial charge in [0.2, 0.25) is 0 Å². The van der Waals surface area contributed by atoms with Gasteiger partial charge in [-0.1, -0.05) is 19.1 Å². The van der Waals surface area contributed by atoms with Crippen LogP contribution in [0.4, 0.5) is 0 Å². The van der Waals surface area contributed by atoms with Crippen LogP contribution in [0.5, 0.6) is 0 Å².